The minimum atomic E-state index is 0.0997. The number of piperazine rings is 1. The van der Waals surface area contributed by atoms with Crippen molar-refractivity contribution in [2.75, 3.05) is 32.8 Å². The van der Waals surface area contributed by atoms with Crippen LogP contribution in [-0.4, -0.2) is 43.7 Å². The van der Waals surface area contributed by atoms with E-state index in [1.165, 1.54) is 0 Å². The maximum absolute atomic E-state index is 9.12. The number of ether oxygens (including phenoxy) is 1. The van der Waals surface area contributed by atoms with Gasteiger partial charge in [0, 0.05) is 32.2 Å². The monoisotopic (exact) mass is 257 g/mol. The molecule has 1 aromatic carbocycles. The molecule has 2 atom stereocenters. The van der Waals surface area contributed by atoms with Gasteiger partial charge in [0.25, 0.3) is 0 Å². The molecule has 0 radical (unpaired) electrons. The summed E-state index contributed by atoms with van der Waals surface area (Å²) in [6.07, 6.45) is 0.0997. The van der Waals surface area contributed by atoms with Crippen LogP contribution < -0.4 is 5.32 Å². The number of nitrogens with zero attached hydrogens (tertiary/aromatic N) is 2. The molecule has 0 bridgehead atoms. The van der Waals surface area contributed by atoms with Crippen LogP contribution in [0.3, 0.4) is 0 Å². The third-order valence-corrected chi connectivity index (χ3v) is 4.21. The molecule has 0 spiro atoms. The predicted octanol–water partition coefficient (Wildman–Crippen LogP) is 1.21. The minimum Gasteiger partial charge on any atom is -0.370 e. The second kappa shape index (κ2) is 5.30. The maximum atomic E-state index is 9.12. The molecule has 2 fully saturated rings. The Morgan fingerprint density at radius 2 is 2.37 bits per heavy atom. The van der Waals surface area contributed by atoms with Crippen molar-refractivity contribution in [2.24, 2.45) is 0 Å². The predicted molar refractivity (Wildman–Crippen MR) is 72.8 cm³/mol. The van der Waals surface area contributed by atoms with Gasteiger partial charge in [0.15, 0.2) is 0 Å². The fourth-order valence-electron chi connectivity index (χ4n) is 3.01. The molecule has 0 saturated carbocycles. The Morgan fingerprint density at radius 1 is 1.47 bits per heavy atom. The summed E-state index contributed by atoms with van der Waals surface area (Å²) in [5.74, 6) is 0. The van der Waals surface area contributed by atoms with Crippen molar-refractivity contribution < 1.29 is 4.74 Å². The van der Waals surface area contributed by atoms with Crippen LogP contribution in [-0.2, 0) is 4.74 Å². The van der Waals surface area contributed by atoms with Crippen LogP contribution in [0.4, 0.5) is 0 Å². The molecule has 1 aromatic rings. The van der Waals surface area contributed by atoms with Crippen LogP contribution in [0.2, 0.25) is 0 Å². The van der Waals surface area contributed by atoms with Gasteiger partial charge in [0.2, 0.25) is 0 Å². The third-order valence-electron chi connectivity index (χ3n) is 4.21. The zero-order valence-corrected chi connectivity index (χ0v) is 11.2. The van der Waals surface area contributed by atoms with Crippen LogP contribution in [0.15, 0.2) is 18.2 Å². The van der Waals surface area contributed by atoms with Crippen LogP contribution >= 0.6 is 0 Å². The standard InChI is InChI=1S/C15H19N3O/c1-11-12(7-16)3-2-4-14(11)15-9-18-6-5-17-8-13(18)10-19-15/h2-4,13,15,17H,5-6,8-10H2,1H3/t13-,15+/m0/s1. The molecule has 1 N–H and O–H groups in total. The third kappa shape index (κ3) is 2.37. The molecule has 0 aromatic heterocycles. The summed E-state index contributed by atoms with van der Waals surface area (Å²) in [4.78, 5) is 2.50. The Balaban J connectivity index is 1.82. The molecule has 100 valence electrons. The minimum absolute atomic E-state index is 0.0997. The summed E-state index contributed by atoms with van der Waals surface area (Å²) in [5, 5.41) is 12.5. The number of hydrogen-bond acceptors (Lipinski definition) is 4. The second-order valence-electron chi connectivity index (χ2n) is 5.31. The lowest BCUT2D eigenvalue weighted by atomic mass is 9.97. The van der Waals surface area contributed by atoms with Crippen molar-refractivity contribution in [3.8, 4) is 6.07 Å². The number of fused-ring (bicyclic) bond motifs is 1. The van der Waals surface area contributed by atoms with Gasteiger partial charge in [-0.2, -0.15) is 5.26 Å². The van der Waals surface area contributed by atoms with E-state index in [1.807, 2.05) is 19.1 Å². The highest BCUT2D eigenvalue weighted by atomic mass is 16.5. The lowest BCUT2D eigenvalue weighted by Gasteiger charge is -2.43. The summed E-state index contributed by atoms with van der Waals surface area (Å²) < 4.78 is 6.02. The molecule has 3 rings (SSSR count). The Hall–Kier alpha value is -1.41. The molecule has 2 aliphatic heterocycles. The molecule has 2 saturated heterocycles. The summed E-state index contributed by atoms with van der Waals surface area (Å²) in [6.45, 7) is 6.88. The first-order valence-electron chi connectivity index (χ1n) is 6.85. The quantitative estimate of drug-likeness (QED) is 0.821. The summed E-state index contributed by atoms with van der Waals surface area (Å²) in [7, 11) is 0. The largest absolute Gasteiger partial charge is 0.370 e. The second-order valence-corrected chi connectivity index (χ2v) is 5.31. The Bertz CT molecular complexity index is 509. The van der Waals surface area contributed by atoms with Crippen LogP contribution in [0, 0.1) is 18.3 Å². The molecule has 2 heterocycles. The zero-order chi connectivity index (χ0) is 13.2. The highest BCUT2D eigenvalue weighted by Crippen LogP contribution is 2.28. The highest BCUT2D eigenvalue weighted by molar-refractivity contribution is 5.43. The van der Waals surface area contributed by atoms with E-state index in [0.29, 0.717) is 6.04 Å². The smallest absolute Gasteiger partial charge is 0.0994 e. The van der Waals surface area contributed by atoms with Crippen LogP contribution in [0.1, 0.15) is 22.8 Å². The molecule has 2 aliphatic rings. The number of nitrogens with one attached hydrogen (secondary N) is 1. The van der Waals surface area contributed by atoms with Crippen molar-refractivity contribution in [1.82, 2.24) is 10.2 Å². The van der Waals surface area contributed by atoms with E-state index in [9.17, 15) is 0 Å². The van der Waals surface area contributed by atoms with Gasteiger partial charge in [-0.15, -0.1) is 0 Å². The molecule has 0 amide bonds. The van der Waals surface area contributed by atoms with E-state index < -0.39 is 0 Å². The molecule has 19 heavy (non-hydrogen) atoms. The Kier molecular flexibility index (Phi) is 3.52. The fourth-order valence-corrected chi connectivity index (χ4v) is 3.01. The first-order valence-corrected chi connectivity index (χ1v) is 6.85. The first-order chi connectivity index (χ1) is 9.29. The number of nitriles is 1. The summed E-state index contributed by atoms with van der Waals surface area (Å²) >= 11 is 0. The number of hydrogen-bond donors (Lipinski definition) is 1. The van der Waals surface area contributed by atoms with Gasteiger partial charge in [0.1, 0.15) is 0 Å². The van der Waals surface area contributed by atoms with Crippen LogP contribution in [0.5, 0.6) is 0 Å². The van der Waals surface area contributed by atoms with Crippen molar-refractivity contribution in [3.05, 3.63) is 34.9 Å². The van der Waals surface area contributed by atoms with Crippen molar-refractivity contribution in [3.63, 3.8) is 0 Å². The van der Waals surface area contributed by atoms with E-state index in [2.05, 4.69) is 22.4 Å². The Labute approximate surface area is 114 Å². The van der Waals surface area contributed by atoms with Gasteiger partial charge < -0.3 is 10.1 Å². The van der Waals surface area contributed by atoms with Crippen molar-refractivity contribution in [1.29, 1.82) is 5.26 Å². The fraction of sp³-hybridized carbons (Fsp3) is 0.533. The van der Waals surface area contributed by atoms with E-state index in [4.69, 9.17) is 10.00 Å². The van der Waals surface area contributed by atoms with Gasteiger partial charge in [-0.05, 0) is 24.1 Å². The number of morpholine rings is 1. The molecule has 0 unspecified atom stereocenters. The molecule has 4 heteroatoms. The van der Waals surface area contributed by atoms with Crippen molar-refractivity contribution >= 4 is 0 Å². The maximum Gasteiger partial charge on any atom is 0.0994 e. The van der Waals surface area contributed by atoms with Crippen molar-refractivity contribution in [2.45, 2.75) is 19.1 Å². The number of rotatable bonds is 1. The van der Waals surface area contributed by atoms with E-state index >= 15 is 0 Å². The first kappa shape index (κ1) is 12.6. The summed E-state index contributed by atoms with van der Waals surface area (Å²) in [6, 6.07) is 8.67. The van der Waals surface area contributed by atoms with Gasteiger partial charge in [-0.25, -0.2) is 0 Å². The topological polar surface area (TPSA) is 48.3 Å². The molecular formula is C15H19N3O. The van der Waals surface area contributed by atoms with Gasteiger partial charge >= 0.3 is 0 Å². The van der Waals surface area contributed by atoms with Gasteiger partial charge in [-0.3, -0.25) is 4.90 Å². The van der Waals surface area contributed by atoms with E-state index in [1.54, 1.807) is 0 Å². The van der Waals surface area contributed by atoms with Gasteiger partial charge in [0.05, 0.1) is 24.3 Å². The highest BCUT2D eigenvalue weighted by Gasteiger charge is 2.31. The average molecular weight is 257 g/mol. The van der Waals surface area contributed by atoms with Gasteiger partial charge in [-0.1, -0.05) is 12.1 Å². The van der Waals surface area contributed by atoms with E-state index in [-0.39, 0.29) is 6.10 Å². The SMILES string of the molecule is Cc1c(C#N)cccc1[C@H]1CN2CCNC[C@H]2CO1. The van der Waals surface area contributed by atoms with E-state index in [0.717, 1.165) is 49.5 Å². The van der Waals surface area contributed by atoms with Crippen LogP contribution in [0.25, 0.3) is 0 Å². The zero-order valence-electron chi connectivity index (χ0n) is 11.2. The molecule has 4 nitrogen and oxygen atoms in total. The normalized spacial score (nSPS) is 27.6. The Morgan fingerprint density at radius 3 is 3.21 bits per heavy atom. The lowest BCUT2D eigenvalue weighted by molar-refractivity contribution is -0.0720. The average Bonchev–Trinajstić information content (AvgIpc) is 2.47. The number of benzene rings is 1. The molecular weight excluding hydrogens is 238 g/mol. The summed E-state index contributed by atoms with van der Waals surface area (Å²) in [5.41, 5.74) is 2.98. The lowest BCUT2D eigenvalue weighted by Crippen LogP contribution is -2.57. The molecule has 0 aliphatic carbocycles.